The first kappa shape index (κ1) is 22.8. The van der Waals surface area contributed by atoms with Crippen LogP contribution in [-0.2, 0) is 11.3 Å². The van der Waals surface area contributed by atoms with E-state index in [1.165, 1.54) is 4.90 Å². The number of aromatic nitrogens is 2. The molecule has 1 aliphatic heterocycles. The summed E-state index contributed by atoms with van der Waals surface area (Å²) in [6.07, 6.45) is -0.651. The minimum atomic E-state index is -0.818. The zero-order valence-electron chi connectivity index (χ0n) is 17.9. The van der Waals surface area contributed by atoms with E-state index >= 15 is 0 Å². The third-order valence-electron chi connectivity index (χ3n) is 5.22. The number of β-amino-alcohol motifs (C(OH)–C–C–N with tert-alkyl or cyclic N) is 1. The second kappa shape index (κ2) is 10.0. The van der Waals surface area contributed by atoms with Gasteiger partial charge in [-0.15, -0.1) is 0 Å². The van der Waals surface area contributed by atoms with Crippen molar-refractivity contribution < 1.29 is 24.0 Å². The molecule has 4 rings (SSSR count). The number of nitrogens with one attached hydrogen (secondary N) is 1. The predicted octanol–water partition coefficient (Wildman–Crippen LogP) is 2.68. The third kappa shape index (κ3) is 5.32. The number of amides is 2. The predicted molar refractivity (Wildman–Crippen MR) is 120 cm³/mol. The van der Waals surface area contributed by atoms with Crippen molar-refractivity contribution in [3.8, 4) is 17.1 Å². The van der Waals surface area contributed by atoms with Gasteiger partial charge < -0.3 is 24.6 Å². The minimum Gasteiger partial charge on any atom is -0.494 e. The maximum absolute atomic E-state index is 13.1. The average molecular weight is 471 g/mol. The number of halogens is 1. The standard InChI is InChI=1S/C23H23ClN4O5/c1-2-32-18-5-3-4-15(10-18)23(31)28-13-17(29)11-19(28)22(30)25-12-20-26-21(27-33-20)14-6-8-16(24)9-7-14/h3-10,17,19,29H,2,11-13H2,1H3,(H,25,30)/t17-,19+/m1/s1. The van der Waals surface area contributed by atoms with Crippen molar-refractivity contribution >= 4 is 23.4 Å². The SMILES string of the molecule is CCOc1cccc(C(=O)N2C[C@H](O)C[C@H]2C(=O)NCc2nc(-c3ccc(Cl)cc3)no2)c1. The lowest BCUT2D eigenvalue weighted by molar-refractivity contribution is -0.125. The molecule has 0 bridgehead atoms. The molecular formula is C23H23ClN4O5. The Morgan fingerprint density at radius 3 is 2.82 bits per heavy atom. The molecule has 172 valence electrons. The Balaban J connectivity index is 1.41. The molecule has 0 unspecified atom stereocenters. The van der Waals surface area contributed by atoms with Gasteiger partial charge in [0, 0.05) is 29.1 Å². The van der Waals surface area contributed by atoms with Crippen LogP contribution in [0.15, 0.2) is 53.1 Å². The van der Waals surface area contributed by atoms with Gasteiger partial charge in [-0.05, 0) is 49.4 Å². The van der Waals surface area contributed by atoms with Crippen molar-refractivity contribution in [2.24, 2.45) is 0 Å². The number of carbonyl (C=O) groups is 2. The van der Waals surface area contributed by atoms with E-state index in [-0.39, 0.29) is 31.3 Å². The number of hydrogen-bond donors (Lipinski definition) is 2. The molecule has 9 nitrogen and oxygen atoms in total. The van der Waals surface area contributed by atoms with Crippen molar-refractivity contribution in [1.82, 2.24) is 20.4 Å². The molecular weight excluding hydrogens is 448 g/mol. The largest absolute Gasteiger partial charge is 0.494 e. The number of aliphatic hydroxyl groups excluding tert-OH is 1. The number of aliphatic hydroxyl groups is 1. The zero-order chi connectivity index (χ0) is 23.4. The summed E-state index contributed by atoms with van der Waals surface area (Å²) in [5.41, 5.74) is 1.11. The number of benzene rings is 2. The van der Waals surface area contributed by atoms with E-state index in [0.717, 1.165) is 5.56 Å². The van der Waals surface area contributed by atoms with E-state index in [2.05, 4.69) is 15.5 Å². The van der Waals surface area contributed by atoms with E-state index in [0.29, 0.717) is 28.8 Å². The molecule has 0 aliphatic carbocycles. The first-order valence-electron chi connectivity index (χ1n) is 10.5. The molecule has 3 aromatic rings. The van der Waals surface area contributed by atoms with E-state index in [1.807, 2.05) is 6.92 Å². The van der Waals surface area contributed by atoms with Crippen molar-refractivity contribution in [2.45, 2.75) is 32.0 Å². The summed E-state index contributed by atoms with van der Waals surface area (Å²) in [4.78, 5) is 31.5. The van der Waals surface area contributed by atoms with Gasteiger partial charge in [-0.2, -0.15) is 4.98 Å². The maximum atomic E-state index is 13.1. The summed E-state index contributed by atoms with van der Waals surface area (Å²) in [5.74, 6) is 0.396. The fourth-order valence-corrected chi connectivity index (χ4v) is 3.79. The molecule has 1 saturated heterocycles. The molecule has 2 heterocycles. The van der Waals surface area contributed by atoms with Crippen molar-refractivity contribution in [3.05, 3.63) is 65.0 Å². The fraction of sp³-hybridized carbons (Fsp3) is 0.304. The average Bonchev–Trinajstić information content (AvgIpc) is 3.45. The first-order chi connectivity index (χ1) is 15.9. The number of likely N-dealkylation sites (tertiary alicyclic amines) is 1. The highest BCUT2D eigenvalue weighted by atomic mass is 35.5. The molecule has 2 N–H and O–H groups in total. The van der Waals surface area contributed by atoms with Crippen LogP contribution in [0.5, 0.6) is 5.75 Å². The number of rotatable bonds is 7. The Morgan fingerprint density at radius 2 is 2.06 bits per heavy atom. The van der Waals surface area contributed by atoms with Crippen LogP contribution < -0.4 is 10.1 Å². The third-order valence-corrected chi connectivity index (χ3v) is 5.47. The van der Waals surface area contributed by atoms with Gasteiger partial charge in [-0.1, -0.05) is 22.8 Å². The quantitative estimate of drug-likeness (QED) is 0.545. The number of ether oxygens (including phenoxy) is 1. The van der Waals surface area contributed by atoms with Gasteiger partial charge in [0.1, 0.15) is 11.8 Å². The highest BCUT2D eigenvalue weighted by molar-refractivity contribution is 6.30. The van der Waals surface area contributed by atoms with Crippen LogP contribution in [0, 0.1) is 0 Å². The van der Waals surface area contributed by atoms with Gasteiger partial charge in [0.2, 0.25) is 17.6 Å². The van der Waals surface area contributed by atoms with Crippen LogP contribution in [0.3, 0.4) is 0 Å². The summed E-state index contributed by atoms with van der Waals surface area (Å²) in [6.45, 7) is 2.39. The Hall–Kier alpha value is -3.43. The van der Waals surface area contributed by atoms with E-state index in [4.69, 9.17) is 20.9 Å². The highest BCUT2D eigenvalue weighted by Crippen LogP contribution is 2.23. The topological polar surface area (TPSA) is 118 Å². The Morgan fingerprint density at radius 1 is 1.27 bits per heavy atom. The molecule has 0 saturated carbocycles. The first-order valence-corrected chi connectivity index (χ1v) is 10.9. The normalized spacial score (nSPS) is 17.7. The van der Waals surface area contributed by atoms with Gasteiger partial charge >= 0.3 is 0 Å². The lowest BCUT2D eigenvalue weighted by Gasteiger charge is -2.23. The van der Waals surface area contributed by atoms with Gasteiger partial charge in [0.15, 0.2) is 0 Å². The lowest BCUT2D eigenvalue weighted by atomic mass is 10.1. The van der Waals surface area contributed by atoms with E-state index in [9.17, 15) is 14.7 Å². The van der Waals surface area contributed by atoms with E-state index < -0.39 is 18.1 Å². The molecule has 33 heavy (non-hydrogen) atoms. The fourth-order valence-electron chi connectivity index (χ4n) is 3.66. The van der Waals surface area contributed by atoms with E-state index in [1.54, 1.807) is 48.5 Å². The Labute approximate surface area is 195 Å². The summed E-state index contributed by atoms with van der Waals surface area (Å²) in [5, 5.41) is 17.4. The summed E-state index contributed by atoms with van der Waals surface area (Å²) < 4.78 is 10.7. The Bertz CT molecular complexity index is 1130. The molecule has 1 fully saturated rings. The summed E-state index contributed by atoms with van der Waals surface area (Å²) in [6, 6.07) is 12.9. The van der Waals surface area contributed by atoms with Gasteiger partial charge in [-0.3, -0.25) is 9.59 Å². The maximum Gasteiger partial charge on any atom is 0.254 e. The van der Waals surface area contributed by atoms with Crippen LogP contribution >= 0.6 is 11.6 Å². The molecule has 0 spiro atoms. The second-order valence-electron chi connectivity index (χ2n) is 7.56. The number of nitrogens with zero attached hydrogens (tertiary/aromatic N) is 3. The smallest absolute Gasteiger partial charge is 0.254 e. The van der Waals surface area contributed by atoms with Gasteiger partial charge in [0.25, 0.3) is 5.91 Å². The van der Waals surface area contributed by atoms with Crippen LogP contribution in [0.1, 0.15) is 29.6 Å². The zero-order valence-corrected chi connectivity index (χ0v) is 18.7. The monoisotopic (exact) mass is 470 g/mol. The molecule has 2 aromatic carbocycles. The van der Waals surface area contributed by atoms with Crippen LogP contribution in [0.4, 0.5) is 0 Å². The molecule has 10 heteroatoms. The summed E-state index contributed by atoms with van der Waals surface area (Å²) >= 11 is 5.89. The molecule has 0 radical (unpaired) electrons. The minimum absolute atomic E-state index is 0.00608. The molecule has 2 amide bonds. The van der Waals surface area contributed by atoms with Crippen LogP contribution in [0.2, 0.25) is 5.02 Å². The molecule has 1 aliphatic rings. The summed E-state index contributed by atoms with van der Waals surface area (Å²) in [7, 11) is 0. The highest BCUT2D eigenvalue weighted by Gasteiger charge is 2.39. The van der Waals surface area contributed by atoms with Crippen molar-refractivity contribution in [2.75, 3.05) is 13.2 Å². The lowest BCUT2D eigenvalue weighted by Crippen LogP contribution is -2.45. The van der Waals surface area contributed by atoms with Crippen molar-refractivity contribution in [3.63, 3.8) is 0 Å². The molecule has 2 atom stereocenters. The second-order valence-corrected chi connectivity index (χ2v) is 8.00. The van der Waals surface area contributed by atoms with Crippen molar-refractivity contribution in [1.29, 1.82) is 0 Å². The van der Waals surface area contributed by atoms with Crippen LogP contribution in [-0.4, -0.2) is 57.3 Å². The number of carbonyl (C=O) groups excluding carboxylic acids is 2. The van der Waals surface area contributed by atoms with Crippen LogP contribution in [0.25, 0.3) is 11.4 Å². The molecule has 1 aromatic heterocycles. The van der Waals surface area contributed by atoms with Gasteiger partial charge in [0.05, 0.1) is 19.3 Å². The Kier molecular flexibility index (Phi) is 6.90. The van der Waals surface area contributed by atoms with Gasteiger partial charge in [-0.25, -0.2) is 0 Å². The number of hydrogen-bond acceptors (Lipinski definition) is 7.